The van der Waals surface area contributed by atoms with Crippen molar-refractivity contribution >= 4 is 28.1 Å². The number of nitrogens with one attached hydrogen (secondary N) is 1. The SMILES string of the molecule is O=C(NC1CC1)c1csc(N2CCN(c3ccccc3)CC2)n1. The molecule has 1 aliphatic carbocycles. The first-order chi connectivity index (χ1) is 11.3. The molecule has 0 spiro atoms. The van der Waals surface area contributed by atoms with Crippen LogP contribution in [-0.2, 0) is 0 Å². The Balaban J connectivity index is 1.37. The van der Waals surface area contributed by atoms with Gasteiger partial charge in [-0.05, 0) is 25.0 Å². The van der Waals surface area contributed by atoms with Crippen molar-refractivity contribution in [3.05, 3.63) is 41.4 Å². The molecule has 1 aromatic carbocycles. The number of hydrogen-bond acceptors (Lipinski definition) is 5. The van der Waals surface area contributed by atoms with Crippen LogP contribution in [0.2, 0.25) is 0 Å². The Kier molecular flexibility index (Phi) is 3.91. The molecule has 0 atom stereocenters. The monoisotopic (exact) mass is 328 g/mol. The van der Waals surface area contributed by atoms with Crippen LogP contribution in [0.1, 0.15) is 23.3 Å². The molecule has 1 aromatic heterocycles. The Morgan fingerprint density at radius 1 is 1.09 bits per heavy atom. The van der Waals surface area contributed by atoms with E-state index < -0.39 is 0 Å². The van der Waals surface area contributed by atoms with Crippen LogP contribution in [0.25, 0.3) is 0 Å². The molecule has 0 radical (unpaired) electrons. The highest BCUT2D eigenvalue weighted by Crippen LogP contribution is 2.25. The summed E-state index contributed by atoms with van der Waals surface area (Å²) in [5.74, 6) is -0.0297. The second kappa shape index (κ2) is 6.20. The van der Waals surface area contributed by atoms with E-state index in [2.05, 4.69) is 44.4 Å². The van der Waals surface area contributed by atoms with Crippen molar-refractivity contribution < 1.29 is 4.79 Å². The summed E-state index contributed by atoms with van der Waals surface area (Å²) in [5.41, 5.74) is 1.83. The Morgan fingerprint density at radius 2 is 1.78 bits per heavy atom. The molecule has 2 aromatic rings. The second-order valence-corrected chi connectivity index (χ2v) is 6.91. The van der Waals surface area contributed by atoms with Crippen LogP contribution in [0.3, 0.4) is 0 Å². The van der Waals surface area contributed by atoms with Crippen LogP contribution in [-0.4, -0.2) is 43.1 Å². The molecule has 2 heterocycles. The summed E-state index contributed by atoms with van der Waals surface area (Å²) < 4.78 is 0. The summed E-state index contributed by atoms with van der Waals surface area (Å²) in [6, 6.07) is 10.9. The topological polar surface area (TPSA) is 48.5 Å². The molecule has 2 aliphatic rings. The molecule has 5 nitrogen and oxygen atoms in total. The summed E-state index contributed by atoms with van der Waals surface area (Å²) in [5, 5.41) is 5.82. The van der Waals surface area contributed by atoms with Gasteiger partial charge in [-0.25, -0.2) is 4.98 Å². The molecule has 1 saturated heterocycles. The number of hydrogen-bond donors (Lipinski definition) is 1. The minimum absolute atomic E-state index is 0.0297. The zero-order chi connectivity index (χ0) is 15.6. The molecule has 0 bridgehead atoms. The van der Waals surface area contributed by atoms with Gasteiger partial charge in [0.15, 0.2) is 5.13 Å². The van der Waals surface area contributed by atoms with Gasteiger partial charge in [-0.3, -0.25) is 4.79 Å². The van der Waals surface area contributed by atoms with Gasteiger partial charge in [0.25, 0.3) is 5.91 Å². The summed E-state index contributed by atoms with van der Waals surface area (Å²) in [6.07, 6.45) is 2.20. The Bertz CT molecular complexity index is 675. The van der Waals surface area contributed by atoms with Crippen molar-refractivity contribution in [1.29, 1.82) is 0 Å². The predicted octanol–water partition coefficient (Wildman–Crippen LogP) is 2.36. The Morgan fingerprint density at radius 3 is 2.48 bits per heavy atom. The minimum atomic E-state index is -0.0297. The van der Waals surface area contributed by atoms with Gasteiger partial charge in [0.1, 0.15) is 5.69 Å². The van der Waals surface area contributed by atoms with E-state index in [0.29, 0.717) is 11.7 Å². The number of thiazole rings is 1. The fraction of sp³-hybridized carbons (Fsp3) is 0.412. The molecule has 1 N–H and O–H groups in total. The number of nitrogens with zero attached hydrogens (tertiary/aromatic N) is 3. The minimum Gasteiger partial charge on any atom is -0.368 e. The number of piperazine rings is 1. The van der Waals surface area contributed by atoms with E-state index in [4.69, 9.17) is 0 Å². The summed E-state index contributed by atoms with van der Waals surface area (Å²) in [4.78, 5) is 21.2. The van der Waals surface area contributed by atoms with Crippen LogP contribution in [0.15, 0.2) is 35.7 Å². The smallest absolute Gasteiger partial charge is 0.271 e. The van der Waals surface area contributed by atoms with E-state index in [-0.39, 0.29) is 5.91 Å². The lowest BCUT2D eigenvalue weighted by Crippen LogP contribution is -2.46. The molecule has 120 valence electrons. The van der Waals surface area contributed by atoms with Crippen molar-refractivity contribution in [3.8, 4) is 0 Å². The number of carbonyl (C=O) groups is 1. The first-order valence-electron chi connectivity index (χ1n) is 8.11. The molecule has 23 heavy (non-hydrogen) atoms. The maximum absolute atomic E-state index is 12.0. The van der Waals surface area contributed by atoms with Gasteiger partial charge in [0, 0.05) is 43.3 Å². The normalized spacial score (nSPS) is 18.1. The van der Waals surface area contributed by atoms with E-state index in [9.17, 15) is 4.79 Å². The third-order valence-electron chi connectivity index (χ3n) is 4.31. The molecule has 6 heteroatoms. The van der Waals surface area contributed by atoms with Gasteiger partial charge in [0.2, 0.25) is 0 Å². The van der Waals surface area contributed by atoms with Crippen molar-refractivity contribution in [3.63, 3.8) is 0 Å². The third-order valence-corrected chi connectivity index (χ3v) is 5.21. The molecule has 2 fully saturated rings. The van der Waals surface area contributed by atoms with E-state index in [1.54, 1.807) is 11.3 Å². The average molecular weight is 328 g/mol. The fourth-order valence-electron chi connectivity index (χ4n) is 2.80. The molecule has 1 aliphatic heterocycles. The summed E-state index contributed by atoms with van der Waals surface area (Å²) in [7, 11) is 0. The average Bonchev–Trinajstić information content (AvgIpc) is 3.27. The first-order valence-corrected chi connectivity index (χ1v) is 8.99. The van der Waals surface area contributed by atoms with Crippen molar-refractivity contribution in [2.45, 2.75) is 18.9 Å². The lowest BCUT2D eigenvalue weighted by molar-refractivity contribution is 0.0947. The zero-order valence-corrected chi connectivity index (χ0v) is 13.8. The number of carbonyl (C=O) groups excluding carboxylic acids is 1. The van der Waals surface area contributed by atoms with Gasteiger partial charge in [0.05, 0.1) is 0 Å². The van der Waals surface area contributed by atoms with Crippen LogP contribution in [0.4, 0.5) is 10.8 Å². The second-order valence-electron chi connectivity index (χ2n) is 6.07. The van der Waals surface area contributed by atoms with Gasteiger partial charge in [-0.15, -0.1) is 11.3 Å². The predicted molar refractivity (Wildman–Crippen MR) is 93.5 cm³/mol. The Labute approximate surface area is 139 Å². The highest BCUT2D eigenvalue weighted by Gasteiger charge is 2.26. The van der Waals surface area contributed by atoms with Gasteiger partial charge in [-0.1, -0.05) is 18.2 Å². The maximum Gasteiger partial charge on any atom is 0.271 e. The first kappa shape index (κ1) is 14.5. The van der Waals surface area contributed by atoms with Crippen LogP contribution in [0.5, 0.6) is 0 Å². The maximum atomic E-state index is 12.0. The lowest BCUT2D eigenvalue weighted by Gasteiger charge is -2.35. The number of anilines is 2. The number of para-hydroxylation sites is 1. The van der Waals surface area contributed by atoms with Gasteiger partial charge < -0.3 is 15.1 Å². The molecular formula is C17H20N4OS. The van der Waals surface area contributed by atoms with Crippen molar-refractivity contribution in [1.82, 2.24) is 10.3 Å². The number of rotatable bonds is 4. The molecule has 1 amide bonds. The molecule has 0 unspecified atom stereocenters. The standard InChI is InChI=1S/C17H20N4OS/c22-16(18-13-6-7-13)15-12-23-17(19-15)21-10-8-20(9-11-21)14-4-2-1-3-5-14/h1-5,12-13H,6-11H2,(H,18,22). The number of benzene rings is 1. The van der Waals surface area contributed by atoms with E-state index in [1.807, 2.05) is 11.4 Å². The third kappa shape index (κ3) is 3.32. The molecule has 4 rings (SSSR count). The van der Waals surface area contributed by atoms with Crippen LogP contribution < -0.4 is 15.1 Å². The van der Waals surface area contributed by atoms with Crippen molar-refractivity contribution in [2.75, 3.05) is 36.0 Å². The summed E-state index contributed by atoms with van der Waals surface area (Å²) in [6.45, 7) is 3.83. The zero-order valence-electron chi connectivity index (χ0n) is 12.9. The van der Waals surface area contributed by atoms with E-state index >= 15 is 0 Å². The molecular weight excluding hydrogens is 308 g/mol. The number of amides is 1. The van der Waals surface area contributed by atoms with Gasteiger partial charge >= 0.3 is 0 Å². The fourth-order valence-corrected chi connectivity index (χ4v) is 3.66. The highest BCUT2D eigenvalue weighted by atomic mass is 32.1. The van der Waals surface area contributed by atoms with Crippen molar-refractivity contribution in [2.24, 2.45) is 0 Å². The van der Waals surface area contributed by atoms with Crippen LogP contribution >= 0.6 is 11.3 Å². The number of aromatic nitrogens is 1. The van der Waals surface area contributed by atoms with E-state index in [0.717, 1.165) is 44.2 Å². The summed E-state index contributed by atoms with van der Waals surface area (Å²) >= 11 is 1.56. The largest absolute Gasteiger partial charge is 0.368 e. The Hall–Kier alpha value is -2.08. The quantitative estimate of drug-likeness (QED) is 0.936. The molecule has 1 saturated carbocycles. The lowest BCUT2D eigenvalue weighted by atomic mass is 10.2. The van der Waals surface area contributed by atoms with Crippen LogP contribution in [0, 0.1) is 0 Å². The highest BCUT2D eigenvalue weighted by molar-refractivity contribution is 7.13. The van der Waals surface area contributed by atoms with E-state index in [1.165, 1.54) is 5.69 Å². The van der Waals surface area contributed by atoms with Gasteiger partial charge in [-0.2, -0.15) is 0 Å².